The number of aromatic nitrogens is 2. The summed E-state index contributed by atoms with van der Waals surface area (Å²) in [4.78, 5) is 29.3. The minimum atomic E-state index is -0.702. The third-order valence-electron chi connectivity index (χ3n) is 4.26. The molecule has 1 aliphatic heterocycles. The van der Waals surface area contributed by atoms with E-state index in [2.05, 4.69) is 15.6 Å². The molecule has 0 aliphatic carbocycles. The van der Waals surface area contributed by atoms with Gasteiger partial charge in [-0.1, -0.05) is 23.7 Å². The summed E-state index contributed by atoms with van der Waals surface area (Å²) in [6, 6.07) is 11.7. The average molecular weight is 371 g/mol. The van der Waals surface area contributed by atoms with Crippen LogP contribution in [-0.2, 0) is 9.59 Å². The molecule has 0 spiro atoms. The van der Waals surface area contributed by atoms with Crippen LogP contribution >= 0.6 is 11.6 Å². The molecule has 1 aliphatic rings. The van der Waals surface area contributed by atoms with Crippen molar-refractivity contribution in [1.82, 2.24) is 9.55 Å². The van der Waals surface area contributed by atoms with Gasteiger partial charge in [0.1, 0.15) is 11.8 Å². The number of carbonyl (C=O) groups is 2. The van der Waals surface area contributed by atoms with Crippen molar-refractivity contribution < 1.29 is 14.3 Å². The molecule has 2 N–H and O–H groups in total. The Bertz CT molecular complexity index is 1030. The summed E-state index contributed by atoms with van der Waals surface area (Å²) in [6.45, 7) is 0. The molecule has 1 aromatic heterocycles. The van der Waals surface area contributed by atoms with Gasteiger partial charge in [-0.3, -0.25) is 19.5 Å². The SMILES string of the molecule is COc1ccc(NC(=O)[C@H]2CC(=O)Nc3nc4ccccc4n32)cc1Cl. The van der Waals surface area contributed by atoms with E-state index in [0.29, 0.717) is 22.4 Å². The van der Waals surface area contributed by atoms with Crippen LogP contribution in [0.25, 0.3) is 11.0 Å². The zero-order chi connectivity index (χ0) is 18.3. The van der Waals surface area contributed by atoms with E-state index in [1.165, 1.54) is 7.11 Å². The van der Waals surface area contributed by atoms with E-state index in [1.54, 1.807) is 22.8 Å². The number of nitrogens with zero attached hydrogens (tertiary/aromatic N) is 2. The molecule has 26 heavy (non-hydrogen) atoms. The Hall–Kier alpha value is -3.06. The van der Waals surface area contributed by atoms with Gasteiger partial charge in [0.15, 0.2) is 0 Å². The number of anilines is 2. The van der Waals surface area contributed by atoms with E-state index in [4.69, 9.17) is 16.3 Å². The first-order valence-electron chi connectivity index (χ1n) is 7.98. The van der Waals surface area contributed by atoms with E-state index in [9.17, 15) is 9.59 Å². The fourth-order valence-corrected chi connectivity index (χ4v) is 3.33. The lowest BCUT2D eigenvalue weighted by molar-refractivity contribution is -0.124. The number of imidazole rings is 1. The lowest BCUT2D eigenvalue weighted by Gasteiger charge is -2.25. The number of fused-ring (bicyclic) bond motifs is 3. The maximum Gasteiger partial charge on any atom is 0.248 e. The summed E-state index contributed by atoms with van der Waals surface area (Å²) in [5.41, 5.74) is 2.03. The van der Waals surface area contributed by atoms with Crippen LogP contribution in [0.15, 0.2) is 42.5 Å². The van der Waals surface area contributed by atoms with E-state index >= 15 is 0 Å². The van der Waals surface area contributed by atoms with E-state index in [0.717, 1.165) is 11.0 Å². The average Bonchev–Trinajstić information content (AvgIpc) is 2.99. The van der Waals surface area contributed by atoms with Crippen molar-refractivity contribution in [2.24, 2.45) is 0 Å². The molecule has 0 unspecified atom stereocenters. The highest BCUT2D eigenvalue weighted by Gasteiger charge is 2.32. The zero-order valence-corrected chi connectivity index (χ0v) is 14.6. The molecule has 7 nitrogen and oxygen atoms in total. The number of hydrogen-bond donors (Lipinski definition) is 2. The number of para-hydroxylation sites is 2. The first-order chi connectivity index (χ1) is 12.6. The van der Waals surface area contributed by atoms with Gasteiger partial charge in [0.2, 0.25) is 17.8 Å². The molecule has 0 radical (unpaired) electrons. The highest BCUT2D eigenvalue weighted by Crippen LogP contribution is 2.32. The molecule has 2 heterocycles. The van der Waals surface area contributed by atoms with Crippen LogP contribution in [0.1, 0.15) is 12.5 Å². The summed E-state index contributed by atoms with van der Waals surface area (Å²) in [7, 11) is 1.52. The van der Waals surface area contributed by atoms with Crippen LogP contribution in [0.3, 0.4) is 0 Å². The topological polar surface area (TPSA) is 85.2 Å². The lowest BCUT2D eigenvalue weighted by Crippen LogP contribution is -2.35. The fourth-order valence-electron chi connectivity index (χ4n) is 3.07. The maximum atomic E-state index is 12.9. The molecule has 0 fully saturated rings. The quantitative estimate of drug-likeness (QED) is 0.741. The molecule has 0 saturated heterocycles. The van der Waals surface area contributed by atoms with E-state index in [1.807, 2.05) is 24.3 Å². The van der Waals surface area contributed by atoms with E-state index < -0.39 is 6.04 Å². The zero-order valence-electron chi connectivity index (χ0n) is 13.8. The molecule has 0 bridgehead atoms. The molecular formula is C18H15ClN4O3. The van der Waals surface area contributed by atoms with E-state index in [-0.39, 0.29) is 18.2 Å². The predicted molar refractivity (Wildman–Crippen MR) is 98.7 cm³/mol. The standard InChI is InChI=1S/C18H15ClN4O3/c1-26-15-7-6-10(8-11(15)19)20-17(25)14-9-16(24)22-18-21-12-4-2-3-5-13(12)23(14)18/h2-8,14H,9H2,1H3,(H,20,25)(H,21,22,24)/t14-/m1/s1. The smallest absolute Gasteiger partial charge is 0.248 e. The molecule has 8 heteroatoms. The number of nitrogens with one attached hydrogen (secondary N) is 2. The highest BCUT2D eigenvalue weighted by molar-refractivity contribution is 6.32. The van der Waals surface area contributed by atoms with Crippen molar-refractivity contribution >= 4 is 46.1 Å². The summed E-state index contributed by atoms with van der Waals surface area (Å²) in [5.74, 6) is 0.325. The normalized spacial score (nSPS) is 16.1. The van der Waals surface area contributed by atoms with Crippen molar-refractivity contribution in [2.45, 2.75) is 12.5 Å². The summed E-state index contributed by atoms with van der Waals surface area (Å²) in [5, 5.41) is 5.92. The second kappa shape index (κ2) is 6.34. The molecular weight excluding hydrogens is 356 g/mol. The number of ether oxygens (including phenoxy) is 1. The monoisotopic (exact) mass is 370 g/mol. The summed E-state index contributed by atoms with van der Waals surface area (Å²) < 4.78 is 6.86. The molecule has 0 saturated carbocycles. The van der Waals surface area contributed by atoms with Crippen molar-refractivity contribution in [3.63, 3.8) is 0 Å². The van der Waals surface area contributed by atoms with Crippen molar-refractivity contribution in [3.8, 4) is 5.75 Å². The Kier molecular flexibility index (Phi) is 4.00. The van der Waals surface area contributed by atoms with Crippen molar-refractivity contribution in [1.29, 1.82) is 0 Å². The van der Waals surface area contributed by atoms with Gasteiger partial charge >= 0.3 is 0 Å². The van der Waals surface area contributed by atoms with Gasteiger partial charge in [-0.2, -0.15) is 0 Å². The predicted octanol–water partition coefficient (Wildman–Crippen LogP) is 3.22. The van der Waals surface area contributed by atoms with Gasteiger partial charge in [0.05, 0.1) is 29.6 Å². The minimum absolute atomic E-state index is 0.0308. The van der Waals surface area contributed by atoms with Crippen LogP contribution in [0, 0.1) is 0 Å². The molecule has 132 valence electrons. The first kappa shape index (κ1) is 16.4. The van der Waals surface area contributed by atoms with Crippen LogP contribution in [0.5, 0.6) is 5.75 Å². The number of halogens is 1. The van der Waals surface area contributed by atoms with Gasteiger partial charge < -0.3 is 10.1 Å². The first-order valence-corrected chi connectivity index (χ1v) is 8.36. The minimum Gasteiger partial charge on any atom is -0.495 e. The third kappa shape index (κ3) is 2.76. The number of carbonyl (C=O) groups excluding carboxylic acids is 2. The van der Waals surface area contributed by atoms with Gasteiger partial charge in [-0.15, -0.1) is 0 Å². The van der Waals surface area contributed by atoms with Crippen molar-refractivity contribution in [2.75, 3.05) is 17.7 Å². The Labute approximate surface area is 153 Å². The largest absolute Gasteiger partial charge is 0.495 e. The molecule has 1 atom stereocenters. The Morgan fingerprint density at radius 2 is 2.15 bits per heavy atom. The Morgan fingerprint density at radius 3 is 2.92 bits per heavy atom. The van der Waals surface area contributed by atoms with Gasteiger partial charge in [-0.25, -0.2) is 4.98 Å². The number of methoxy groups -OCH3 is 1. The Balaban J connectivity index is 1.68. The molecule has 2 aromatic carbocycles. The van der Waals surface area contributed by atoms with Crippen LogP contribution in [0.4, 0.5) is 11.6 Å². The summed E-state index contributed by atoms with van der Waals surface area (Å²) >= 11 is 6.11. The molecule has 3 aromatic rings. The van der Waals surface area contributed by atoms with Crippen LogP contribution in [-0.4, -0.2) is 28.5 Å². The third-order valence-corrected chi connectivity index (χ3v) is 4.55. The van der Waals surface area contributed by atoms with Crippen LogP contribution < -0.4 is 15.4 Å². The highest BCUT2D eigenvalue weighted by atomic mass is 35.5. The van der Waals surface area contributed by atoms with Gasteiger partial charge in [-0.05, 0) is 30.3 Å². The lowest BCUT2D eigenvalue weighted by atomic mass is 10.1. The van der Waals surface area contributed by atoms with Crippen LogP contribution in [0.2, 0.25) is 5.02 Å². The second-order valence-corrected chi connectivity index (χ2v) is 6.31. The number of amides is 2. The molecule has 2 amide bonds. The number of benzene rings is 2. The second-order valence-electron chi connectivity index (χ2n) is 5.90. The summed E-state index contributed by atoms with van der Waals surface area (Å²) in [6.07, 6.45) is 0.0308. The number of rotatable bonds is 3. The van der Waals surface area contributed by atoms with Crippen molar-refractivity contribution in [3.05, 3.63) is 47.5 Å². The molecule has 4 rings (SSSR count). The fraction of sp³-hybridized carbons (Fsp3) is 0.167. The van der Waals surface area contributed by atoms with Gasteiger partial charge in [0, 0.05) is 5.69 Å². The maximum absolute atomic E-state index is 12.9. The number of hydrogen-bond acceptors (Lipinski definition) is 4. The Morgan fingerprint density at radius 1 is 1.35 bits per heavy atom. The van der Waals surface area contributed by atoms with Gasteiger partial charge in [0.25, 0.3) is 0 Å².